The Bertz CT molecular complexity index is 301. The largest absolute Gasteiger partial charge is 0.396 e. The van der Waals surface area contributed by atoms with Crippen molar-refractivity contribution in [2.75, 3.05) is 26.2 Å². The van der Waals surface area contributed by atoms with E-state index in [2.05, 4.69) is 17.6 Å². The molecule has 0 aromatic rings. The molecule has 0 aromatic heterocycles. The predicted molar refractivity (Wildman–Crippen MR) is 75.8 cm³/mol. The van der Waals surface area contributed by atoms with E-state index in [9.17, 15) is 9.90 Å². The third kappa shape index (κ3) is 3.29. The Hall–Kier alpha value is -0.610. The van der Waals surface area contributed by atoms with E-state index >= 15 is 0 Å². The fraction of sp³-hybridized carbons (Fsp3) is 0.933. The van der Waals surface area contributed by atoms with Crippen LogP contribution in [0.2, 0.25) is 0 Å². The first kappa shape index (κ1) is 14.8. The molecule has 3 N–H and O–H groups in total. The van der Waals surface area contributed by atoms with Crippen molar-refractivity contribution >= 4 is 5.91 Å². The normalized spacial score (nSPS) is 30.2. The van der Waals surface area contributed by atoms with E-state index < -0.39 is 0 Å². The van der Waals surface area contributed by atoms with Crippen LogP contribution in [-0.2, 0) is 4.79 Å². The Labute approximate surface area is 116 Å². The van der Waals surface area contributed by atoms with Gasteiger partial charge < -0.3 is 15.7 Å². The summed E-state index contributed by atoms with van der Waals surface area (Å²) in [6.07, 6.45) is 6.27. The van der Waals surface area contributed by atoms with Gasteiger partial charge in [0.2, 0.25) is 5.91 Å². The van der Waals surface area contributed by atoms with E-state index in [1.807, 2.05) is 0 Å². The van der Waals surface area contributed by atoms with Gasteiger partial charge in [-0.25, -0.2) is 0 Å². The van der Waals surface area contributed by atoms with Crippen molar-refractivity contribution in [3.8, 4) is 0 Å². The Morgan fingerprint density at radius 2 is 2.00 bits per heavy atom. The molecule has 2 rings (SSSR count). The molecule has 4 heteroatoms. The van der Waals surface area contributed by atoms with Crippen molar-refractivity contribution < 1.29 is 9.90 Å². The minimum atomic E-state index is -0.154. The SMILES string of the molecule is CCC1(C(=O)NCC2CCCC2CO)CCNCC1. The molecule has 19 heavy (non-hydrogen) atoms. The van der Waals surface area contributed by atoms with E-state index in [1.54, 1.807) is 0 Å². The zero-order chi connectivity index (χ0) is 13.7. The molecule has 2 unspecified atom stereocenters. The van der Waals surface area contributed by atoms with Crippen molar-refractivity contribution in [1.29, 1.82) is 0 Å². The summed E-state index contributed by atoms with van der Waals surface area (Å²) in [6.45, 7) is 5.04. The van der Waals surface area contributed by atoms with Crippen LogP contribution in [0.15, 0.2) is 0 Å². The second-order valence-corrected chi connectivity index (χ2v) is 6.23. The first-order valence-corrected chi connectivity index (χ1v) is 7.82. The van der Waals surface area contributed by atoms with Crippen LogP contribution in [0.25, 0.3) is 0 Å². The van der Waals surface area contributed by atoms with Gasteiger partial charge in [0, 0.05) is 13.2 Å². The lowest BCUT2D eigenvalue weighted by molar-refractivity contribution is -0.133. The third-order valence-corrected chi connectivity index (χ3v) is 5.29. The van der Waals surface area contributed by atoms with Gasteiger partial charge >= 0.3 is 0 Å². The number of hydrogen-bond donors (Lipinski definition) is 3. The summed E-state index contributed by atoms with van der Waals surface area (Å²) in [7, 11) is 0. The molecule has 1 heterocycles. The number of rotatable bonds is 5. The Kier molecular flexibility index (Phi) is 5.22. The predicted octanol–water partition coefficient (Wildman–Crippen LogP) is 1.29. The first-order chi connectivity index (χ1) is 9.22. The van der Waals surface area contributed by atoms with Crippen LogP contribution in [0.5, 0.6) is 0 Å². The van der Waals surface area contributed by atoms with Crippen molar-refractivity contribution in [2.45, 2.75) is 45.4 Å². The lowest BCUT2D eigenvalue weighted by Gasteiger charge is -2.35. The molecule has 1 aliphatic heterocycles. The molecule has 2 fully saturated rings. The highest BCUT2D eigenvalue weighted by atomic mass is 16.3. The number of piperidine rings is 1. The molecule has 1 amide bonds. The zero-order valence-electron chi connectivity index (χ0n) is 12.1. The Morgan fingerprint density at radius 3 is 2.63 bits per heavy atom. The Morgan fingerprint density at radius 1 is 1.32 bits per heavy atom. The summed E-state index contributed by atoms with van der Waals surface area (Å²) in [5, 5.41) is 15.8. The number of aliphatic hydroxyl groups excluding tert-OH is 1. The first-order valence-electron chi connectivity index (χ1n) is 7.82. The minimum Gasteiger partial charge on any atom is -0.396 e. The van der Waals surface area contributed by atoms with Gasteiger partial charge in [0.15, 0.2) is 0 Å². The highest BCUT2D eigenvalue weighted by Crippen LogP contribution is 2.34. The molecule has 0 radical (unpaired) electrons. The second-order valence-electron chi connectivity index (χ2n) is 6.23. The van der Waals surface area contributed by atoms with Gasteiger partial charge in [0.05, 0.1) is 5.41 Å². The number of amides is 1. The van der Waals surface area contributed by atoms with Crippen molar-refractivity contribution in [2.24, 2.45) is 17.3 Å². The summed E-state index contributed by atoms with van der Waals surface area (Å²) in [6, 6.07) is 0. The molecule has 1 saturated heterocycles. The molecule has 2 atom stereocenters. The molecule has 4 nitrogen and oxygen atoms in total. The van der Waals surface area contributed by atoms with Crippen LogP contribution in [0.3, 0.4) is 0 Å². The Balaban J connectivity index is 1.85. The smallest absolute Gasteiger partial charge is 0.226 e. The van der Waals surface area contributed by atoms with Crippen molar-refractivity contribution in [3.05, 3.63) is 0 Å². The molecular formula is C15H28N2O2. The maximum atomic E-state index is 12.5. The van der Waals surface area contributed by atoms with E-state index in [-0.39, 0.29) is 17.9 Å². The molecule has 2 aliphatic rings. The quantitative estimate of drug-likeness (QED) is 0.704. The standard InChI is InChI=1S/C15H28N2O2/c1-2-15(6-8-16-9-7-15)14(19)17-10-12-4-3-5-13(12)11-18/h12-13,16,18H,2-11H2,1H3,(H,17,19). The maximum Gasteiger partial charge on any atom is 0.226 e. The van der Waals surface area contributed by atoms with Crippen molar-refractivity contribution in [3.63, 3.8) is 0 Å². The van der Waals surface area contributed by atoms with Gasteiger partial charge in [-0.3, -0.25) is 4.79 Å². The molecule has 0 spiro atoms. The zero-order valence-corrected chi connectivity index (χ0v) is 12.1. The summed E-state index contributed by atoms with van der Waals surface area (Å²) >= 11 is 0. The molecule has 0 bridgehead atoms. The van der Waals surface area contributed by atoms with Crippen LogP contribution in [0, 0.1) is 17.3 Å². The molecule has 1 saturated carbocycles. The van der Waals surface area contributed by atoms with Crippen molar-refractivity contribution in [1.82, 2.24) is 10.6 Å². The molecule has 110 valence electrons. The van der Waals surface area contributed by atoms with Gasteiger partial charge in [-0.15, -0.1) is 0 Å². The van der Waals surface area contributed by atoms with E-state index in [4.69, 9.17) is 0 Å². The van der Waals surface area contributed by atoms with Gasteiger partial charge in [-0.2, -0.15) is 0 Å². The van der Waals surface area contributed by atoms with Gasteiger partial charge in [-0.05, 0) is 57.0 Å². The summed E-state index contributed by atoms with van der Waals surface area (Å²) in [5.74, 6) is 1.11. The fourth-order valence-corrected chi connectivity index (χ4v) is 3.68. The summed E-state index contributed by atoms with van der Waals surface area (Å²) in [4.78, 5) is 12.5. The topological polar surface area (TPSA) is 61.4 Å². The maximum absolute atomic E-state index is 12.5. The van der Waals surface area contributed by atoms with Crippen LogP contribution in [0.1, 0.15) is 45.4 Å². The number of aliphatic hydroxyl groups is 1. The number of carbonyl (C=O) groups excluding carboxylic acids is 1. The van der Waals surface area contributed by atoms with Gasteiger partial charge in [0.25, 0.3) is 0 Å². The third-order valence-electron chi connectivity index (χ3n) is 5.29. The van der Waals surface area contributed by atoms with Crippen LogP contribution in [0.4, 0.5) is 0 Å². The number of nitrogens with one attached hydrogen (secondary N) is 2. The average molecular weight is 268 g/mol. The lowest BCUT2D eigenvalue weighted by Crippen LogP contribution is -2.48. The highest BCUT2D eigenvalue weighted by molar-refractivity contribution is 5.82. The summed E-state index contributed by atoms with van der Waals surface area (Å²) in [5.41, 5.74) is -0.154. The molecular weight excluding hydrogens is 240 g/mol. The molecule has 0 aromatic carbocycles. The second kappa shape index (κ2) is 6.71. The van der Waals surface area contributed by atoms with E-state index in [0.717, 1.165) is 51.7 Å². The van der Waals surface area contributed by atoms with Crippen LogP contribution < -0.4 is 10.6 Å². The minimum absolute atomic E-state index is 0.154. The fourth-order valence-electron chi connectivity index (χ4n) is 3.68. The number of hydrogen-bond acceptors (Lipinski definition) is 3. The highest BCUT2D eigenvalue weighted by Gasteiger charge is 2.38. The van der Waals surface area contributed by atoms with Gasteiger partial charge in [-0.1, -0.05) is 13.3 Å². The summed E-state index contributed by atoms with van der Waals surface area (Å²) < 4.78 is 0. The van der Waals surface area contributed by atoms with E-state index in [0.29, 0.717) is 11.8 Å². The lowest BCUT2D eigenvalue weighted by atomic mass is 9.75. The van der Waals surface area contributed by atoms with Crippen LogP contribution in [-0.4, -0.2) is 37.3 Å². The van der Waals surface area contributed by atoms with Crippen LogP contribution >= 0.6 is 0 Å². The number of carbonyl (C=O) groups is 1. The monoisotopic (exact) mass is 268 g/mol. The average Bonchev–Trinajstić information content (AvgIpc) is 2.92. The molecule has 1 aliphatic carbocycles. The van der Waals surface area contributed by atoms with Gasteiger partial charge in [0.1, 0.15) is 0 Å². The van der Waals surface area contributed by atoms with E-state index in [1.165, 1.54) is 6.42 Å².